The van der Waals surface area contributed by atoms with Gasteiger partial charge in [0.1, 0.15) is 0 Å². The molecular formula is C22H23N5S. The third kappa shape index (κ3) is 3.66. The van der Waals surface area contributed by atoms with Crippen LogP contribution in [-0.2, 0) is 6.42 Å². The van der Waals surface area contributed by atoms with Gasteiger partial charge in [0, 0.05) is 38.3 Å². The highest BCUT2D eigenvalue weighted by Gasteiger charge is 2.20. The summed E-state index contributed by atoms with van der Waals surface area (Å²) in [6, 6.07) is 21.0. The van der Waals surface area contributed by atoms with Crippen molar-refractivity contribution in [1.29, 1.82) is 0 Å². The molecule has 1 saturated heterocycles. The summed E-state index contributed by atoms with van der Waals surface area (Å²) in [5.74, 6) is 0. The average molecular weight is 390 g/mol. The lowest BCUT2D eigenvalue weighted by atomic mass is 10.1. The fourth-order valence-corrected chi connectivity index (χ4v) is 4.59. The van der Waals surface area contributed by atoms with Gasteiger partial charge in [-0.25, -0.2) is 9.50 Å². The highest BCUT2D eigenvalue weighted by Crippen LogP contribution is 2.27. The first-order chi connectivity index (χ1) is 13.8. The van der Waals surface area contributed by atoms with Crippen molar-refractivity contribution in [2.24, 2.45) is 0 Å². The molecule has 2 aromatic heterocycles. The second kappa shape index (κ2) is 7.73. The molecule has 5 rings (SSSR count). The van der Waals surface area contributed by atoms with E-state index in [-0.39, 0.29) is 0 Å². The predicted octanol–water partition coefficient (Wildman–Crippen LogP) is 3.82. The van der Waals surface area contributed by atoms with Crippen molar-refractivity contribution < 1.29 is 0 Å². The van der Waals surface area contributed by atoms with E-state index >= 15 is 0 Å². The Morgan fingerprint density at radius 1 is 0.857 bits per heavy atom. The minimum absolute atomic E-state index is 0.959. The van der Waals surface area contributed by atoms with Crippen molar-refractivity contribution in [3.63, 3.8) is 0 Å². The van der Waals surface area contributed by atoms with Crippen LogP contribution in [0.3, 0.4) is 0 Å². The van der Waals surface area contributed by atoms with Gasteiger partial charge in [-0.2, -0.15) is 0 Å². The molecule has 3 heterocycles. The van der Waals surface area contributed by atoms with Crippen LogP contribution in [-0.4, -0.2) is 52.2 Å². The molecule has 2 aromatic carbocycles. The van der Waals surface area contributed by atoms with Crippen LogP contribution in [0.5, 0.6) is 0 Å². The van der Waals surface area contributed by atoms with E-state index in [1.54, 1.807) is 11.3 Å². The largest absolute Gasteiger partial charge is 0.344 e. The summed E-state index contributed by atoms with van der Waals surface area (Å²) in [4.78, 5) is 10.7. The topological polar surface area (TPSA) is 36.7 Å². The number of aromatic nitrogens is 3. The number of piperazine rings is 1. The molecule has 28 heavy (non-hydrogen) atoms. The average Bonchev–Trinajstić information content (AvgIpc) is 3.34. The van der Waals surface area contributed by atoms with Gasteiger partial charge in [0.2, 0.25) is 10.1 Å². The van der Waals surface area contributed by atoms with E-state index in [2.05, 4.69) is 52.3 Å². The normalized spacial score (nSPS) is 15.4. The molecule has 1 aliphatic rings. The summed E-state index contributed by atoms with van der Waals surface area (Å²) in [5.41, 5.74) is 3.53. The zero-order chi connectivity index (χ0) is 18.8. The van der Waals surface area contributed by atoms with Crippen molar-refractivity contribution >= 4 is 21.4 Å². The van der Waals surface area contributed by atoms with Crippen LogP contribution in [0.4, 0.5) is 5.13 Å². The lowest BCUT2D eigenvalue weighted by Gasteiger charge is -2.34. The molecule has 0 bridgehead atoms. The highest BCUT2D eigenvalue weighted by molar-refractivity contribution is 7.20. The summed E-state index contributed by atoms with van der Waals surface area (Å²) in [5, 5.41) is 5.86. The maximum absolute atomic E-state index is 4.78. The van der Waals surface area contributed by atoms with Crippen LogP contribution in [0.1, 0.15) is 5.56 Å². The Hall–Kier alpha value is -2.70. The lowest BCUT2D eigenvalue weighted by Crippen LogP contribution is -2.47. The van der Waals surface area contributed by atoms with E-state index in [1.807, 2.05) is 28.9 Å². The maximum Gasteiger partial charge on any atom is 0.214 e. The Labute approximate surface area is 168 Å². The van der Waals surface area contributed by atoms with Gasteiger partial charge in [-0.15, -0.1) is 5.10 Å². The first kappa shape index (κ1) is 17.4. The van der Waals surface area contributed by atoms with Gasteiger partial charge >= 0.3 is 0 Å². The van der Waals surface area contributed by atoms with Gasteiger partial charge < -0.3 is 4.90 Å². The van der Waals surface area contributed by atoms with Crippen molar-refractivity contribution in [3.05, 3.63) is 72.4 Å². The minimum Gasteiger partial charge on any atom is -0.344 e. The third-order valence-electron chi connectivity index (χ3n) is 5.30. The molecule has 1 aliphatic heterocycles. The monoisotopic (exact) mass is 389 g/mol. The van der Waals surface area contributed by atoms with Crippen LogP contribution >= 0.6 is 11.3 Å². The summed E-state index contributed by atoms with van der Waals surface area (Å²) in [6.45, 7) is 5.35. The zero-order valence-electron chi connectivity index (χ0n) is 15.7. The van der Waals surface area contributed by atoms with Gasteiger partial charge in [-0.3, -0.25) is 4.90 Å². The number of fused-ring (bicyclic) bond motifs is 1. The third-order valence-corrected chi connectivity index (χ3v) is 6.29. The van der Waals surface area contributed by atoms with E-state index in [0.29, 0.717) is 0 Å². The van der Waals surface area contributed by atoms with Gasteiger partial charge in [0.25, 0.3) is 0 Å². The highest BCUT2D eigenvalue weighted by atomic mass is 32.1. The fourth-order valence-electron chi connectivity index (χ4n) is 3.66. The van der Waals surface area contributed by atoms with Crippen LogP contribution in [0, 0.1) is 0 Å². The Kier molecular flexibility index (Phi) is 4.81. The van der Waals surface area contributed by atoms with E-state index in [0.717, 1.165) is 60.5 Å². The van der Waals surface area contributed by atoms with Gasteiger partial charge in [0.05, 0.1) is 11.9 Å². The summed E-state index contributed by atoms with van der Waals surface area (Å²) >= 11 is 1.68. The molecule has 0 saturated carbocycles. The van der Waals surface area contributed by atoms with Crippen LogP contribution < -0.4 is 4.90 Å². The number of anilines is 1. The maximum atomic E-state index is 4.78. The van der Waals surface area contributed by atoms with Crippen molar-refractivity contribution in [2.45, 2.75) is 6.42 Å². The van der Waals surface area contributed by atoms with Crippen LogP contribution in [0.25, 0.3) is 16.2 Å². The Morgan fingerprint density at radius 2 is 1.57 bits per heavy atom. The van der Waals surface area contributed by atoms with E-state index < -0.39 is 0 Å². The number of imidazole rings is 1. The predicted molar refractivity (Wildman–Crippen MR) is 115 cm³/mol. The van der Waals surface area contributed by atoms with Gasteiger partial charge in [-0.1, -0.05) is 72.0 Å². The Balaban J connectivity index is 1.20. The molecule has 142 valence electrons. The summed E-state index contributed by atoms with van der Waals surface area (Å²) < 4.78 is 1.92. The zero-order valence-corrected chi connectivity index (χ0v) is 16.6. The lowest BCUT2D eigenvalue weighted by molar-refractivity contribution is 0.261. The molecule has 0 atom stereocenters. The van der Waals surface area contributed by atoms with Crippen LogP contribution in [0.2, 0.25) is 0 Å². The molecule has 1 fully saturated rings. The molecule has 0 spiro atoms. The fraction of sp³-hybridized carbons (Fsp3) is 0.273. The van der Waals surface area contributed by atoms with Crippen molar-refractivity contribution in [3.8, 4) is 11.3 Å². The van der Waals surface area contributed by atoms with Crippen LogP contribution in [0.15, 0.2) is 66.9 Å². The first-order valence-electron chi connectivity index (χ1n) is 9.78. The Morgan fingerprint density at radius 3 is 2.29 bits per heavy atom. The standard InChI is InChI=1S/C22H23N5S/c1-3-7-18(8-4-1)11-12-25-13-15-26(16-14-25)22-24-27-17-20(23-21(27)28-22)19-9-5-2-6-10-19/h1-10,17H,11-16H2. The molecule has 6 heteroatoms. The summed E-state index contributed by atoms with van der Waals surface area (Å²) in [7, 11) is 0. The second-order valence-electron chi connectivity index (χ2n) is 7.17. The van der Waals surface area contributed by atoms with Gasteiger partial charge in [-0.05, 0) is 12.0 Å². The molecule has 0 aliphatic carbocycles. The van der Waals surface area contributed by atoms with Crippen molar-refractivity contribution in [1.82, 2.24) is 19.5 Å². The van der Waals surface area contributed by atoms with E-state index in [4.69, 9.17) is 10.1 Å². The molecule has 4 aromatic rings. The van der Waals surface area contributed by atoms with Crippen molar-refractivity contribution in [2.75, 3.05) is 37.6 Å². The number of benzene rings is 2. The second-order valence-corrected chi connectivity index (χ2v) is 8.10. The minimum atomic E-state index is 0.959. The molecule has 5 nitrogen and oxygen atoms in total. The number of hydrogen-bond donors (Lipinski definition) is 0. The Bertz CT molecular complexity index is 1000. The first-order valence-corrected chi connectivity index (χ1v) is 10.6. The summed E-state index contributed by atoms with van der Waals surface area (Å²) in [6.07, 6.45) is 3.15. The quantitative estimate of drug-likeness (QED) is 0.520. The number of rotatable bonds is 5. The smallest absolute Gasteiger partial charge is 0.214 e. The number of nitrogens with zero attached hydrogens (tertiary/aromatic N) is 5. The number of hydrogen-bond acceptors (Lipinski definition) is 5. The SMILES string of the molecule is c1ccc(CCN2CCN(c3nn4cc(-c5ccccc5)nc4s3)CC2)cc1. The van der Waals surface area contributed by atoms with Gasteiger partial charge in [0.15, 0.2) is 0 Å². The molecule has 0 radical (unpaired) electrons. The van der Waals surface area contributed by atoms with E-state index in [1.165, 1.54) is 5.56 Å². The molecular weight excluding hydrogens is 366 g/mol. The molecule has 0 amide bonds. The molecule has 0 unspecified atom stereocenters. The van der Waals surface area contributed by atoms with E-state index in [9.17, 15) is 0 Å². The molecule has 0 N–H and O–H groups in total.